The first-order chi connectivity index (χ1) is 15.6. The van der Waals surface area contributed by atoms with Crippen molar-refractivity contribution in [2.45, 2.75) is 31.6 Å². The van der Waals surface area contributed by atoms with Crippen LogP contribution in [0, 0.1) is 5.41 Å². The van der Waals surface area contributed by atoms with Crippen LogP contribution in [0.5, 0.6) is 0 Å². The van der Waals surface area contributed by atoms with E-state index in [1.165, 1.54) is 18.2 Å². The van der Waals surface area contributed by atoms with Crippen LogP contribution in [0.3, 0.4) is 0 Å². The van der Waals surface area contributed by atoms with E-state index in [1.54, 1.807) is 48.5 Å². The number of benzene rings is 2. The number of carbonyl (C=O) groups is 1. The van der Waals surface area contributed by atoms with Gasteiger partial charge in [-0.15, -0.1) is 0 Å². The van der Waals surface area contributed by atoms with Crippen LogP contribution >= 0.6 is 0 Å². The Hall–Kier alpha value is -3.72. The van der Waals surface area contributed by atoms with E-state index >= 15 is 0 Å². The van der Waals surface area contributed by atoms with Crippen molar-refractivity contribution in [3.8, 4) is 0 Å². The molecule has 9 heteroatoms. The molecule has 1 heterocycles. The highest BCUT2D eigenvalue weighted by molar-refractivity contribution is 7.89. The van der Waals surface area contributed by atoms with Gasteiger partial charge in [-0.05, 0) is 42.2 Å². The van der Waals surface area contributed by atoms with Crippen molar-refractivity contribution in [3.63, 3.8) is 0 Å². The number of hydrogen-bond donors (Lipinski definition) is 2. The molecule has 8 nitrogen and oxygen atoms in total. The minimum absolute atomic E-state index is 0.0408. The lowest BCUT2D eigenvalue weighted by molar-refractivity contribution is 0.102. The van der Waals surface area contributed by atoms with Gasteiger partial charge in [0.1, 0.15) is 11.4 Å². The lowest BCUT2D eigenvalue weighted by Crippen LogP contribution is -2.31. The lowest BCUT2D eigenvalue weighted by atomic mass is 9.76. The average Bonchev–Trinajstić information content (AvgIpc) is 2.79. The first-order valence-electron chi connectivity index (χ1n) is 10.3. The molecular formula is C24H23N3O5S. The van der Waals surface area contributed by atoms with Gasteiger partial charge in [-0.2, -0.15) is 18.4 Å². The van der Waals surface area contributed by atoms with Gasteiger partial charge < -0.3 is 9.73 Å². The summed E-state index contributed by atoms with van der Waals surface area (Å²) in [6, 6.07) is 17.9. The summed E-state index contributed by atoms with van der Waals surface area (Å²) >= 11 is 0. The molecule has 0 atom stereocenters. The average molecular weight is 466 g/mol. The third-order valence-corrected chi connectivity index (χ3v) is 6.48. The standard InChI is InChI=1S/C24H23N3O5S/c1-24(2)14-20(26-27-33(30,31)17-11-7-4-8-12-17)18-13-19(23(29)32-21(18)15-24)25-22(28)16-9-5-3-6-10-16/h3-13,27H,14-15H2,1-2H3,(H,25,28)/b26-20+. The highest BCUT2D eigenvalue weighted by atomic mass is 32.2. The van der Waals surface area contributed by atoms with Crippen molar-refractivity contribution >= 4 is 27.3 Å². The number of carbonyl (C=O) groups excluding carboxylic acids is 1. The molecule has 0 spiro atoms. The Morgan fingerprint density at radius 2 is 1.64 bits per heavy atom. The van der Waals surface area contributed by atoms with E-state index in [0.717, 1.165) is 0 Å². The quantitative estimate of drug-likeness (QED) is 0.559. The number of amides is 1. The van der Waals surface area contributed by atoms with Crippen LogP contribution in [0.1, 0.15) is 41.9 Å². The van der Waals surface area contributed by atoms with Crippen LogP contribution in [0.4, 0.5) is 5.69 Å². The van der Waals surface area contributed by atoms with Crippen molar-refractivity contribution in [1.29, 1.82) is 0 Å². The topological polar surface area (TPSA) is 118 Å². The SMILES string of the molecule is CC1(C)C/C(=N\NS(=O)(=O)c2ccccc2)c2cc(NC(=O)c3ccccc3)c(=O)oc2C1. The summed E-state index contributed by atoms with van der Waals surface area (Å²) in [5.74, 6) is -0.0612. The molecule has 0 unspecified atom stereocenters. The van der Waals surface area contributed by atoms with Gasteiger partial charge in [0.2, 0.25) is 0 Å². The zero-order chi connectivity index (χ0) is 23.6. The van der Waals surface area contributed by atoms with Crippen LogP contribution < -0.4 is 15.8 Å². The molecule has 0 saturated heterocycles. The van der Waals surface area contributed by atoms with E-state index in [0.29, 0.717) is 35.4 Å². The predicted octanol–water partition coefficient (Wildman–Crippen LogP) is 3.55. The van der Waals surface area contributed by atoms with E-state index in [4.69, 9.17) is 4.42 Å². The molecule has 33 heavy (non-hydrogen) atoms. The van der Waals surface area contributed by atoms with Crippen molar-refractivity contribution in [3.05, 3.63) is 94.0 Å². The molecular weight excluding hydrogens is 442 g/mol. The second-order valence-corrected chi connectivity index (χ2v) is 10.2. The summed E-state index contributed by atoms with van der Waals surface area (Å²) in [5, 5.41) is 6.76. The maximum Gasteiger partial charge on any atom is 0.359 e. The molecule has 0 saturated carbocycles. The third-order valence-electron chi connectivity index (χ3n) is 5.26. The number of anilines is 1. The van der Waals surface area contributed by atoms with Gasteiger partial charge in [0, 0.05) is 17.5 Å². The molecule has 4 rings (SSSR count). The number of nitrogens with zero attached hydrogens (tertiary/aromatic N) is 1. The van der Waals surface area contributed by atoms with E-state index in [-0.39, 0.29) is 16.0 Å². The highest BCUT2D eigenvalue weighted by Crippen LogP contribution is 2.35. The molecule has 0 fully saturated rings. The van der Waals surface area contributed by atoms with Crippen molar-refractivity contribution in [1.82, 2.24) is 4.83 Å². The van der Waals surface area contributed by atoms with Crippen LogP contribution in [-0.4, -0.2) is 20.0 Å². The van der Waals surface area contributed by atoms with Crippen LogP contribution in [-0.2, 0) is 16.4 Å². The smallest absolute Gasteiger partial charge is 0.359 e. The van der Waals surface area contributed by atoms with Crippen LogP contribution in [0.25, 0.3) is 0 Å². The van der Waals surface area contributed by atoms with Gasteiger partial charge in [0.05, 0.1) is 10.6 Å². The summed E-state index contributed by atoms with van der Waals surface area (Å²) in [5.41, 5.74) is 0.253. The van der Waals surface area contributed by atoms with Crippen molar-refractivity contribution in [2.24, 2.45) is 10.5 Å². The van der Waals surface area contributed by atoms with E-state index in [1.807, 2.05) is 13.8 Å². The molecule has 3 aromatic rings. The summed E-state index contributed by atoms with van der Waals surface area (Å²) in [6.45, 7) is 3.95. The Labute approximate surface area is 191 Å². The van der Waals surface area contributed by atoms with Gasteiger partial charge in [-0.3, -0.25) is 4.79 Å². The van der Waals surface area contributed by atoms with Gasteiger partial charge in [0.15, 0.2) is 0 Å². The van der Waals surface area contributed by atoms with E-state index in [2.05, 4.69) is 15.2 Å². The monoisotopic (exact) mass is 465 g/mol. The number of sulfonamides is 1. The molecule has 1 aliphatic carbocycles. The summed E-state index contributed by atoms with van der Waals surface area (Å²) < 4.78 is 30.8. The Balaban J connectivity index is 1.69. The third kappa shape index (κ3) is 5.04. The van der Waals surface area contributed by atoms with Gasteiger partial charge in [0.25, 0.3) is 15.9 Å². The summed E-state index contributed by atoms with van der Waals surface area (Å²) in [6.07, 6.45) is 0.909. The Morgan fingerprint density at radius 3 is 2.30 bits per heavy atom. The fourth-order valence-electron chi connectivity index (χ4n) is 3.67. The van der Waals surface area contributed by atoms with Crippen LogP contribution in [0.2, 0.25) is 0 Å². The molecule has 170 valence electrons. The predicted molar refractivity (Wildman–Crippen MR) is 125 cm³/mol. The fourth-order valence-corrected chi connectivity index (χ4v) is 4.52. The highest BCUT2D eigenvalue weighted by Gasteiger charge is 2.33. The number of nitrogens with one attached hydrogen (secondary N) is 2. The first-order valence-corrected chi connectivity index (χ1v) is 11.8. The molecule has 0 bridgehead atoms. The maximum atomic E-state index is 12.6. The molecule has 1 amide bonds. The molecule has 1 aliphatic rings. The molecule has 2 aromatic carbocycles. The molecule has 0 aliphatic heterocycles. The van der Waals surface area contributed by atoms with Crippen LogP contribution in [0.15, 0.2) is 85.9 Å². The second kappa shape index (κ2) is 8.67. The zero-order valence-corrected chi connectivity index (χ0v) is 19.0. The van der Waals surface area contributed by atoms with Gasteiger partial charge >= 0.3 is 5.63 Å². The van der Waals surface area contributed by atoms with E-state index < -0.39 is 21.6 Å². The van der Waals surface area contributed by atoms with Crippen molar-refractivity contribution < 1.29 is 17.6 Å². The number of hydrogen-bond acceptors (Lipinski definition) is 6. The largest absolute Gasteiger partial charge is 0.426 e. The lowest BCUT2D eigenvalue weighted by Gasteiger charge is -2.30. The van der Waals surface area contributed by atoms with Crippen molar-refractivity contribution in [2.75, 3.05) is 5.32 Å². The normalized spacial score (nSPS) is 16.1. The number of fused-ring (bicyclic) bond motifs is 1. The maximum absolute atomic E-state index is 12.6. The van der Waals surface area contributed by atoms with E-state index in [9.17, 15) is 18.0 Å². The molecule has 2 N–H and O–H groups in total. The summed E-state index contributed by atoms with van der Waals surface area (Å²) in [7, 11) is -3.87. The summed E-state index contributed by atoms with van der Waals surface area (Å²) in [4.78, 5) is 27.4. The number of hydrazone groups is 1. The first kappa shape index (κ1) is 22.5. The Kier molecular flexibility index (Phi) is 5.90. The number of rotatable bonds is 5. The zero-order valence-electron chi connectivity index (χ0n) is 18.2. The minimum atomic E-state index is -3.87. The minimum Gasteiger partial charge on any atom is -0.426 e. The Morgan fingerprint density at radius 1 is 1.00 bits per heavy atom. The van der Waals surface area contributed by atoms with Gasteiger partial charge in [-0.25, -0.2) is 4.79 Å². The second-order valence-electron chi connectivity index (χ2n) is 8.59. The molecule has 1 aromatic heterocycles. The Bertz CT molecular complexity index is 1380. The van der Waals surface area contributed by atoms with Gasteiger partial charge in [-0.1, -0.05) is 50.2 Å². The fraction of sp³-hybridized carbons (Fsp3) is 0.208. The molecule has 0 radical (unpaired) electrons.